The van der Waals surface area contributed by atoms with E-state index in [1.807, 2.05) is 30.3 Å². The van der Waals surface area contributed by atoms with Gasteiger partial charge in [0.25, 0.3) is 0 Å². The number of halogens is 2. The van der Waals surface area contributed by atoms with Crippen LogP contribution in [0.5, 0.6) is 5.75 Å². The molecule has 0 aliphatic carbocycles. The standard InChI is InChI=1S/C22H21BrFNO3/c1-22(2,3)28-21(26)25-13-16(23)11-19(25)18-10-9-17(24)12-20(18)27-14-15-7-5-4-6-8-15/h4-13H,14H2,1-3H3. The molecule has 0 amide bonds. The highest BCUT2D eigenvalue weighted by Crippen LogP contribution is 2.34. The summed E-state index contributed by atoms with van der Waals surface area (Å²) in [5, 5.41) is 0. The Morgan fingerprint density at radius 1 is 1.11 bits per heavy atom. The number of aromatic nitrogens is 1. The van der Waals surface area contributed by atoms with E-state index in [1.165, 1.54) is 16.7 Å². The van der Waals surface area contributed by atoms with Gasteiger partial charge in [0.1, 0.15) is 23.8 Å². The lowest BCUT2D eigenvalue weighted by Crippen LogP contribution is -2.27. The van der Waals surface area contributed by atoms with Gasteiger partial charge < -0.3 is 9.47 Å². The van der Waals surface area contributed by atoms with Crippen molar-refractivity contribution >= 4 is 22.0 Å². The van der Waals surface area contributed by atoms with E-state index in [0.29, 0.717) is 21.5 Å². The van der Waals surface area contributed by atoms with Crippen molar-refractivity contribution in [2.24, 2.45) is 0 Å². The molecule has 1 aromatic heterocycles. The minimum absolute atomic E-state index is 0.283. The predicted molar refractivity (Wildman–Crippen MR) is 110 cm³/mol. The maximum Gasteiger partial charge on any atom is 0.419 e. The monoisotopic (exact) mass is 445 g/mol. The molecule has 0 bridgehead atoms. The third kappa shape index (κ3) is 5.01. The van der Waals surface area contributed by atoms with E-state index in [9.17, 15) is 9.18 Å². The number of hydrogen-bond acceptors (Lipinski definition) is 3. The minimum atomic E-state index is -0.638. The van der Waals surface area contributed by atoms with Gasteiger partial charge in [0.05, 0.1) is 5.69 Å². The summed E-state index contributed by atoms with van der Waals surface area (Å²) in [7, 11) is 0. The first-order valence-corrected chi connectivity index (χ1v) is 9.60. The van der Waals surface area contributed by atoms with Gasteiger partial charge in [-0.05, 0) is 60.5 Å². The molecule has 1 heterocycles. The largest absolute Gasteiger partial charge is 0.488 e. The molecule has 2 aromatic carbocycles. The van der Waals surface area contributed by atoms with E-state index in [1.54, 1.807) is 39.1 Å². The van der Waals surface area contributed by atoms with Crippen LogP contribution in [0.3, 0.4) is 0 Å². The molecule has 0 saturated carbocycles. The maximum absolute atomic E-state index is 13.9. The quantitative estimate of drug-likeness (QED) is 0.465. The average Bonchev–Trinajstić information content (AvgIpc) is 3.01. The van der Waals surface area contributed by atoms with E-state index in [-0.39, 0.29) is 6.61 Å². The third-order valence-corrected chi connectivity index (χ3v) is 4.27. The highest BCUT2D eigenvalue weighted by molar-refractivity contribution is 9.10. The van der Waals surface area contributed by atoms with Gasteiger partial charge in [-0.1, -0.05) is 30.3 Å². The lowest BCUT2D eigenvalue weighted by Gasteiger charge is -2.21. The maximum atomic E-state index is 13.9. The van der Waals surface area contributed by atoms with E-state index < -0.39 is 17.5 Å². The first kappa shape index (κ1) is 20.1. The second-order valence-electron chi connectivity index (χ2n) is 7.31. The summed E-state index contributed by atoms with van der Waals surface area (Å²) in [4.78, 5) is 12.6. The Kier molecular flexibility index (Phi) is 5.89. The van der Waals surface area contributed by atoms with Crippen molar-refractivity contribution < 1.29 is 18.7 Å². The lowest BCUT2D eigenvalue weighted by molar-refractivity contribution is 0.0540. The van der Waals surface area contributed by atoms with Gasteiger partial charge in [-0.3, -0.25) is 4.57 Å². The Morgan fingerprint density at radius 2 is 1.82 bits per heavy atom. The predicted octanol–water partition coefficient (Wildman–Crippen LogP) is 6.42. The molecule has 3 rings (SSSR count). The van der Waals surface area contributed by atoms with Gasteiger partial charge in [0, 0.05) is 22.3 Å². The van der Waals surface area contributed by atoms with Gasteiger partial charge in [0.2, 0.25) is 0 Å². The summed E-state index contributed by atoms with van der Waals surface area (Å²) < 4.78 is 27.3. The van der Waals surface area contributed by atoms with Gasteiger partial charge in [-0.2, -0.15) is 0 Å². The van der Waals surface area contributed by atoms with E-state index in [4.69, 9.17) is 9.47 Å². The second-order valence-corrected chi connectivity index (χ2v) is 8.22. The zero-order valence-electron chi connectivity index (χ0n) is 15.9. The zero-order chi connectivity index (χ0) is 20.3. The summed E-state index contributed by atoms with van der Waals surface area (Å²) >= 11 is 3.40. The molecule has 0 atom stereocenters. The average molecular weight is 446 g/mol. The van der Waals surface area contributed by atoms with Crippen LogP contribution < -0.4 is 4.74 Å². The molecule has 0 saturated heterocycles. The SMILES string of the molecule is CC(C)(C)OC(=O)n1cc(Br)cc1-c1ccc(F)cc1OCc1ccccc1. The van der Waals surface area contributed by atoms with Crippen LogP contribution in [0.1, 0.15) is 26.3 Å². The topological polar surface area (TPSA) is 40.5 Å². The van der Waals surface area contributed by atoms with Gasteiger partial charge in [0.15, 0.2) is 0 Å². The number of benzene rings is 2. The van der Waals surface area contributed by atoms with E-state index in [0.717, 1.165) is 5.56 Å². The molecule has 0 aliphatic rings. The Bertz CT molecular complexity index is 977. The van der Waals surface area contributed by atoms with Crippen molar-refractivity contribution in [2.75, 3.05) is 0 Å². The molecule has 6 heteroatoms. The lowest BCUT2D eigenvalue weighted by atomic mass is 10.1. The van der Waals surface area contributed by atoms with E-state index >= 15 is 0 Å². The molecular formula is C22H21BrFNO3. The molecular weight excluding hydrogens is 425 g/mol. The van der Waals surface area contributed by atoms with Crippen LogP contribution in [0.4, 0.5) is 9.18 Å². The van der Waals surface area contributed by atoms with Crippen molar-refractivity contribution in [3.05, 3.63) is 76.6 Å². The molecule has 0 aliphatic heterocycles. The molecule has 0 spiro atoms. The molecule has 0 radical (unpaired) electrons. The third-order valence-electron chi connectivity index (χ3n) is 3.83. The highest BCUT2D eigenvalue weighted by atomic mass is 79.9. The fraction of sp³-hybridized carbons (Fsp3) is 0.227. The van der Waals surface area contributed by atoms with Crippen LogP contribution in [-0.2, 0) is 11.3 Å². The van der Waals surface area contributed by atoms with Crippen molar-refractivity contribution in [3.8, 4) is 17.0 Å². The zero-order valence-corrected chi connectivity index (χ0v) is 17.5. The number of carbonyl (C=O) groups is 1. The Hall–Kier alpha value is -2.60. The van der Waals surface area contributed by atoms with Crippen molar-refractivity contribution in [1.82, 2.24) is 4.57 Å². The van der Waals surface area contributed by atoms with Crippen molar-refractivity contribution in [3.63, 3.8) is 0 Å². The minimum Gasteiger partial charge on any atom is -0.488 e. The second kappa shape index (κ2) is 8.19. The van der Waals surface area contributed by atoms with Crippen LogP contribution in [0, 0.1) is 5.82 Å². The number of carbonyl (C=O) groups excluding carboxylic acids is 1. The molecule has 0 N–H and O–H groups in total. The summed E-state index contributed by atoms with van der Waals surface area (Å²) in [6.45, 7) is 5.69. The normalized spacial score (nSPS) is 11.3. The molecule has 28 heavy (non-hydrogen) atoms. The van der Waals surface area contributed by atoms with Crippen LogP contribution in [-0.4, -0.2) is 16.3 Å². The van der Waals surface area contributed by atoms with Crippen LogP contribution in [0.25, 0.3) is 11.3 Å². The summed E-state index contributed by atoms with van der Waals surface area (Å²) in [6, 6.07) is 15.6. The van der Waals surface area contributed by atoms with Crippen LogP contribution in [0.15, 0.2) is 65.3 Å². The fourth-order valence-electron chi connectivity index (χ4n) is 2.66. The van der Waals surface area contributed by atoms with Gasteiger partial charge in [-0.25, -0.2) is 9.18 Å². The Balaban J connectivity index is 1.96. The smallest absolute Gasteiger partial charge is 0.419 e. The first-order chi connectivity index (χ1) is 13.2. The Labute approximate surface area is 172 Å². The molecule has 146 valence electrons. The van der Waals surface area contributed by atoms with Gasteiger partial charge >= 0.3 is 6.09 Å². The van der Waals surface area contributed by atoms with Gasteiger partial charge in [-0.15, -0.1) is 0 Å². The molecule has 0 fully saturated rings. The highest BCUT2D eigenvalue weighted by Gasteiger charge is 2.22. The molecule has 3 aromatic rings. The number of ether oxygens (including phenoxy) is 2. The summed E-state index contributed by atoms with van der Waals surface area (Å²) in [5.41, 5.74) is 1.46. The van der Waals surface area contributed by atoms with Crippen molar-refractivity contribution in [2.45, 2.75) is 33.0 Å². The molecule has 0 unspecified atom stereocenters. The summed E-state index contributed by atoms with van der Waals surface area (Å²) in [6.07, 6.45) is 1.10. The van der Waals surface area contributed by atoms with Crippen LogP contribution >= 0.6 is 15.9 Å². The Morgan fingerprint density at radius 3 is 2.50 bits per heavy atom. The van der Waals surface area contributed by atoms with Crippen molar-refractivity contribution in [1.29, 1.82) is 0 Å². The van der Waals surface area contributed by atoms with E-state index in [2.05, 4.69) is 15.9 Å². The first-order valence-electron chi connectivity index (χ1n) is 8.81. The fourth-order valence-corrected chi connectivity index (χ4v) is 3.08. The molecule has 4 nitrogen and oxygen atoms in total. The summed E-state index contributed by atoms with van der Waals surface area (Å²) in [5.74, 6) is -0.0690. The van der Waals surface area contributed by atoms with Crippen LogP contribution in [0.2, 0.25) is 0 Å². The number of rotatable bonds is 4. The number of nitrogens with zero attached hydrogens (tertiary/aromatic N) is 1. The number of hydrogen-bond donors (Lipinski definition) is 0.